The smallest absolute Gasteiger partial charge is 0.147 e. The van der Waals surface area contributed by atoms with Crippen LogP contribution in [0.3, 0.4) is 0 Å². The predicted octanol–water partition coefficient (Wildman–Crippen LogP) is 4.06. The highest BCUT2D eigenvalue weighted by Crippen LogP contribution is 2.04. The number of hydrogen-bond donors (Lipinski definition) is 0. The number of halogens is 1. The molecule has 0 nitrogen and oxygen atoms in total. The van der Waals surface area contributed by atoms with Crippen molar-refractivity contribution >= 4 is 27.6 Å². The first-order valence-corrected chi connectivity index (χ1v) is 7.41. The van der Waals surface area contributed by atoms with Crippen molar-refractivity contribution in [3.8, 4) is 0 Å². The fourth-order valence-electron chi connectivity index (χ4n) is 1.38. The molecule has 0 unspecified atom stereocenters. The maximum absolute atomic E-state index is 2.29. The Balaban J connectivity index is 0. The van der Waals surface area contributed by atoms with Gasteiger partial charge in [0, 0.05) is 0 Å². The van der Waals surface area contributed by atoms with E-state index in [1.165, 1.54) is 38.5 Å². The zero-order chi connectivity index (χ0) is 8.36. The van der Waals surface area contributed by atoms with Crippen LogP contribution in [0, 0.1) is 0 Å². The number of rotatable bonds is 8. The lowest BCUT2D eigenvalue weighted by Gasteiger charge is -1.96. The van der Waals surface area contributed by atoms with Gasteiger partial charge in [-0.25, -0.2) is 0 Å². The molecule has 0 fully saturated rings. The summed E-state index contributed by atoms with van der Waals surface area (Å²) in [7, 11) is 0. The van der Waals surface area contributed by atoms with Crippen LogP contribution in [-0.2, 0) is 0 Å². The first kappa shape index (κ1) is 15.3. The second kappa shape index (κ2) is 14.4. The Morgan fingerprint density at radius 2 is 1.17 bits per heavy atom. The normalized spacial score (nSPS) is 9.17. The summed E-state index contributed by atoms with van der Waals surface area (Å²) in [6.07, 6.45) is 8.78. The Bertz CT molecular complexity index is 58.9. The van der Waals surface area contributed by atoms with Gasteiger partial charge >= 0.3 is 0 Å². The molecule has 0 rings (SSSR count). The molecule has 0 bridgehead atoms. The van der Waals surface area contributed by atoms with Gasteiger partial charge in [-0.15, -0.1) is 12.4 Å². The Hall–Kier alpha value is 0.822. The third-order valence-corrected chi connectivity index (χ3v) is 4.21. The SMILES string of the molecule is CCCC[CH2][AlH][CH2]CCCC.Cl. The van der Waals surface area contributed by atoms with Crippen molar-refractivity contribution in [3.63, 3.8) is 0 Å². The minimum atomic E-state index is 0. The molecule has 74 valence electrons. The van der Waals surface area contributed by atoms with Crippen molar-refractivity contribution < 1.29 is 0 Å². The molecule has 0 N–H and O–H groups in total. The summed E-state index contributed by atoms with van der Waals surface area (Å²) in [4.78, 5) is 0. The van der Waals surface area contributed by atoms with Crippen LogP contribution in [0.25, 0.3) is 0 Å². The predicted molar refractivity (Wildman–Crippen MR) is 63.1 cm³/mol. The van der Waals surface area contributed by atoms with Gasteiger partial charge in [-0.05, 0) is 0 Å². The monoisotopic (exact) mass is 206 g/mol. The van der Waals surface area contributed by atoms with Gasteiger partial charge in [0.25, 0.3) is 0 Å². The molecule has 0 aromatic heterocycles. The molecular weight excluding hydrogens is 183 g/mol. The highest BCUT2D eigenvalue weighted by Gasteiger charge is 1.92. The summed E-state index contributed by atoms with van der Waals surface area (Å²) in [5.41, 5.74) is 0. The third kappa shape index (κ3) is 13.4. The molecule has 0 aromatic carbocycles. The average molecular weight is 207 g/mol. The van der Waals surface area contributed by atoms with E-state index in [0.717, 1.165) is 0 Å². The van der Waals surface area contributed by atoms with E-state index in [1.807, 2.05) is 0 Å². The lowest BCUT2D eigenvalue weighted by atomic mass is 10.3. The van der Waals surface area contributed by atoms with E-state index in [-0.39, 0.29) is 12.4 Å². The lowest BCUT2D eigenvalue weighted by molar-refractivity contribution is 0.752. The fourth-order valence-corrected chi connectivity index (χ4v) is 3.15. The van der Waals surface area contributed by atoms with Crippen LogP contribution in [0.15, 0.2) is 0 Å². The molecule has 0 radical (unpaired) electrons. The molecule has 0 spiro atoms. The number of unbranched alkanes of at least 4 members (excludes halogenated alkanes) is 4. The molecule has 0 aliphatic carbocycles. The van der Waals surface area contributed by atoms with Crippen LogP contribution in [0.5, 0.6) is 0 Å². The molecule has 0 saturated carbocycles. The van der Waals surface area contributed by atoms with E-state index in [0.29, 0.717) is 15.2 Å². The highest BCUT2D eigenvalue weighted by atomic mass is 35.5. The number of hydrogen-bond acceptors (Lipinski definition) is 0. The Labute approximate surface area is 90.6 Å². The first-order valence-electron chi connectivity index (χ1n) is 5.41. The summed E-state index contributed by atoms with van der Waals surface area (Å²) < 4.78 is 0. The van der Waals surface area contributed by atoms with Crippen molar-refractivity contribution in [2.24, 2.45) is 0 Å². The molecule has 0 aliphatic heterocycles. The van der Waals surface area contributed by atoms with E-state index in [4.69, 9.17) is 0 Å². The highest BCUT2D eigenvalue weighted by molar-refractivity contribution is 6.35. The Morgan fingerprint density at radius 3 is 1.50 bits per heavy atom. The quantitative estimate of drug-likeness (QED) is 0.415. The van der Waals surface area contributed by atoms with Crippen LogP contribution in [-0.4, -0.2) is 15.2 Å². The summed E-state index contributed by atoms with van der Waals surface area (Å²) in [5.74, 6) is 0. The van der Waals surface area contributed by atoms with Crippen molar-refractivity contribution in [3.05, 3.63) is 0 Å². The molecule has 0 heterocycles. The molecule has 12 heavy (non-hydrogen) atoms. The molecular formula is C10H24AlCl. The van der Waals surface area contributed by atoms with E-state index < -0.39 is 0 Å². The van der Waals surface area contributed by atoms with Crippen LogP contribution >= 0.6 is 12.4 Å². The molecule has 0 amide bonds. The fraction of sp³-hybridized carbons (Fsp3) is 1.00. The van der Waals surface area contributed by atoms with Gasteiger partial charge in [-0.1, -0.05) is 62.9 Å². The van der Waals surface area contributed by atoms with Crippen molar-refractivity contribution in [2.45, 2.75) is 62.9 Å². The second-order valence-corrected chi connectivity index (χ2v) is 5.60. The Kier molecular flexibility index (Phi) is 18.3. The molecule has 2 heteroatoms. The van der Waals surface area contributed by atoms with Gasteiger partial charge < -0.3 is 0 Å². The Morgan fingerprint density at radius 1 is 0.750 bits per heavy atom. The van der Waals surface area contributed by atoms with Crippen LogP contribution in [0.2, 0.25) is 10.6 Å². The summed E-state index contributed by atoms with van der Waals surface area (Å²) >= 11 is 0.371. The zero-order valence-corrected chi connectivity index (χ0v) is 11.0. The van der Waals surface area contributed by atoms with E-state index in [1.54, 1.807) is 10.6 Å². The summed E-state index contributed by atoms with van der Waals surface area (Å²) in [6, 6.07) is 0. The summed E-state index contributed by atoms with van der Waals surface area (Å²) in [5, 5.41) is 3.22. The van der Waals surface area contributed by atoms with Gasteiger partial charge in [0.15, 0.2) is 0 Å². The molecule has 0 aliphatic rings. The minimum Gasteiger partial charge on any atom is -0.147 e. The van der Waals surface area contributed by atoms with Gasteiger partial charge in [-0.2, -0.15) is 0 Å². The van der Waals surface area contributed by atoms with Gasteiger partial charge in [-0.3, -0.25) is 0 Å². The zero-order valence-electron chi connectivity index (χ0n) is 8.77. The van der Waals surface area contributed by atoms with Gasteiger partial charge in [0.1, 0.15) is 0 Å². The van der Waals surface area contributed by atoms with Crippen molar-refractivity contribution in [1.82, 2.24) is 0 Å². The van der Waals surface area contributed by atoms with Crippen LogP contribution < -0.4 is 0 Å². The molecule has 0 atom stereocenters. The van der Waals surface area contributed by atoms with E-state index in [9.17, 15) is 0 Å². The van der Waals surface area contributed by atoms with Gasteiger partial charge in [0.05, 0.1) is 0 Å². The molecule has 0 saturated heterocycles. The topological polar surface area (TPSA) is 0 Å². The van der Waals surface area contributed by atoms with Crippen molar-refractivity contribution in [1.29, 1.82) is 0 Å². The van der Waals surface area contributed by atoms with E-state index >= 15 is 0 Å². The van der Waals surface area contributed by atoms with E-state index in [2.05, 4.69) is 13.8 Å². The second-order valence-electron chi connectivity index (χ2n) is 3.47. The van der Waals surface area contributed by atoms with Crippen molar-refractivity contribution in [2.75, 3.05) is 0 Å². The van der Waals surface area contributed by atoms with Gasteiger partial charge in [0.2, 0.25) is 15.2 Å². The summed E-state index contributed by atoms with van der Waals surface area (Å²) in [6.45, 7) is 4.58. The van der Waals surface area contributed by atoms with Crippen LogP contribution in [0.1, 0.15) is 52.4 Å². The van der Waals surface area contributed by atoms with Crippen LogP contribution in [0.4, 0.5) is 0 Å². The maximum Gasteiger partial charge on any atom is 0.236 e. The largest absolute Gasteiger partial charge is 0.236 e. The molecule has 0 aromatic rings. The standard InChI is InChI=1S/2C5H11.Al.ClH.H/c2*1-3-5-4-2;;;/h2*1,3-5H2,2H3;;1H;. The minimum absolute atomic E-state index is 0. The third-order valence-electron chi connectivity index (χ3n) is 2.21. The average Bonchev–Trinajstić information content (AvgIpc) is 2.03. The maximum atomic E-state index is 2.29. The first-order chi connectivity index (χ1) is 5.41. The lowest BCUT2D eigenvalue weighted by Crippen LogP contribution is -1.88.